The molecule has 0 aliphatic heterocycles. The fraction of sp³-hybridized carbons (Fsp3) is 0.0769. The van der Waals surface area contributed by atoms with Crippen molar-refractivity contribution in [2.45, 2.75) is 6.61 Å². The highest BCUT2D eigenvalue weighted by Crippen LogP contribution is 2.23. The molecule has 6 heteroatoms. The fourth-order valence-corrected chi connectivity index (χ4v) is 1.56. The lowest BCUT2D eigenvalue weighted by molar-refractivity contribution is -0.0498. The molecule has 0 aliphatic rings. The summed E-state index contributed by atoms with van der Waals surface area (Å²) in [5.74, 6) is -1.08. The van der Waals surface area contributed by atoms with Crippen LogP contribution >= 0.6 is 0 Å². The molecule has 0 fully saturated rings. The van der Waals surface area contributed by atoms with Crippen molar-refractivity contribution in [2.75, 3.05) is 0 Å². The van der Waals surface area contributed by atoms with Crippen LogP contribution in [-0.4, -0.2) is 22.7 Å². The molecule has 0 spiro atoms. The molecular formula is C13H9F2NO3. The van der Waals surface area contributed by atoms with E-state index in [1.807, 2.05) is 0 Å². The van der Waals surface area contributed by atoms with E-state index in [0.717, 1.165) is 0 Å². The van der Waals surface area contributed by atoms with Crippen molar-refractivity contribution >= 4 is 5.97 Å². The highest BCUT2D eigenvalue weighted by molar-refractivity contribution is 5.87. The van der Waals surface area contributed by atoms with E-state index in [2.05, 4.69) is 9.72 Å². The summed E-state index contributed by atoms with van der Waals surface area (Å²) in [6.45, 7) is -2.87. The predicted molar refractivity (Wildman–Crippen MR) is 63.3 cm³/mol. The minimum atomic E-state index is -2.87. The second-order valence-electron chi connectivity index (χ2n) is 3.64. The maximum absolute atomic E-state index is 12.0. The Morgan fingerprint density at radius 1 is 1.16 bits per heavy atom. The van der Waals surface area contributed by atoms with Gasteiger partial charge in [-0.1, -0.05) is 12.1 Å². The van der Waals surface area contributed by atoms with Crippen molar-refractivity contribution in [1.29, 1.82) is 0 Å². The number of benzene rings is 1. The zero-order valence-corrected chi connectivity index (χ0v) is 9.59. The molecule has 0 radical (unpaired) electrons. The van der Waals surface area contributed by atoms with E-state index in [1.165, 1.54) is 24.4 Å². The molecule has 4 nitrogen and oxygen atoms in total. The number of carbonyl (C=O) groups is 1. The van der Waals surface area contributed by atoms with Crippen LogP contribution in [0.25, 0.3) is 11.1 Å². The largest absolute Gasteiger partial charge is 0.477 e. The van der Waals surface area contributed by atoms with E-state index in [0.29, 0.717) is 11.1 Å². The highest BCUT2D eigenvalue weighted by atomic mass is 19.3. The second kappa shape index (κ2) is 5.43. The van der Waals surface area contributed by atoms with Crippen LogP contribution in [0.15, 0.2) is 42.6 Å². The molecule has 19 heavy (non-hydrogen) atoms. The van der Waals surface area contributed by atoms with Gasteiger partial charge in [0.15, 0.2) is 0 Å². The smallest absolute Gasteiger partial charge is 0.387 e. The summed E-state index contributed by atoms with van der Waals surface area (Å²) in [5.41, 5.74) is 1.24. The SMILES string of the molecule is O=C(O)c1cc(-c2ccc(OC(F)F)cc2)ccn1. The summed E-state index contributed by atoms with van der Waals surface area (Å²) in [6, 6.07) is 8.96. The van der Waals surface area contributed by atoms with Crippen molar-refractivity contribution in [3.63, 3.8) is 0 Å². The van der Waals surface area contributed by atoms with Crippen LogP contribution in [-0.2, 0) is 0 Å². The number of carboxylic acids is 1. The maximum atomic E-state index is 12.0. The molecule has 1 aromatic carbocycles. The average molecular weight is 265 g/mol. The van der Waals surface area contributed by atoms with E-state index in [-0.39, 0.29) is 11.4 Å². The third-order valence-electron chi connectivity index (χ3n) is 2.39. The average Bonchev–Trinajstić information content (AvgIpc) is 2.39. The minimum absolute atomic E-state index is 0.0475. The minimum Gasteiger partial charge on any atom is -0.477 e. The van der Waals surface area contributed by atoms with Crippen molar-refractivity contribution < 1.29 is 23.4 Å². The molecule has 0 saturated carbocycles. The van der Waals surface area contributed by atoms with Gasteiger partial charge in [0.2, 0.25) is 0 Å². The molecule has 1 aromatic heterocycles. The summed E-state index contributed by atoms with van der Waals surface area (Å²) in [7, 11) is 0. The van der Waals surface area contributed by atoms with Gasteiger partial charge in [0.25, 0.3) is 0 Å². The Balaban J connectivity index is 2.27. The van der Waals surface area contributed by atoms with Gasteiger partial charge in [0.05, 0.1) is 0 Å². The van der Waals surface area contributed by atoms with E-state index in [4.69, 9.17) is 5.11 Å². The first-order valence-electron chi connectivity index (χ1n) is 5.31. The zero-order valence-electron chi connectivity index (χ0n) is 9.59. The van der Waals surface area contributed by atoms with Gasteiger partial charge in [0.1, 0.15) is 11.4 Å². The Morgan fingerprint density at radius 3 is 2.42 bits per heavy atom. The number of pyridine rings is 1. The maximum Gasteiger partial charge on any atom is 0.387 e. The van der Waals surface area contributed by atoms with Crippen LogP contribution < -0.4 is 4.74 Å². The molecule has 1 N–H and O–H groups in total. The van der Waals surface area contributed by atoms with Crippen LogP contribution in [0, 0.1) is 0 Å². The first kappa shape index (κ1) is 12.9. The van der Waals surface area contributed by atoms with Gasteiger partial charge in [-0.3, -0.25) is 0 Å². The number of carboxylic acid groups (broad SMARTS) is 1. The third kappa shape index (κ3) is 3.25. The molecule has 0 saturated heterocycles. The summed E-state index contributed by atoms with van der Waals surface area (Å²) in [5, 5.41) is 8.83. The van der Waals surface area contributed by atoms with Crippen LogP contribution in [0.2, 0.25) is 0 Å². The second-order valence-corrected chi connectivity index (χ2v) is 3.64. The van der Waals surface area contributed by atoms with Gasteiger partial charge in [-0.15, -0.1) is 0 Å². The van der Waals surface area contributed by atoms with Crippen molar-refractivity contribution in [3.05, 3.63) is 48.3 Å². The van der Waals surface area contributed by atoms with Gasteiger partial charge in [-0.2, -0.15) is 8.78 Å². The molecule has 0 aliphatic carbocycles. The molecule has 0 atom stereocenters. The Kier molecular flexibility index (Phi) is 3.70. The fourth-order valence-electron chi connectivity index (χ4n) is 1.56. The van der Waals surface area contributed by atoms with E-state index < -0.39 is 12.6 Å². The highest BCUT2D eigenvalue weighted by Gasteiger charge is 2.07. The topological polar surface area (TPSA) is 59.4 Å². The third-order valence-corrected chi connectivity index (χ3v) is 2.39. The molecule has 0 amide bonds. The Labute approximate surface area is 107 Å². The molecule has 0 unspecified atom stereocenters. The standard InChI is InChI=1S/C13H9F2NO3/c14-13(15)19-10-3-1-8(2-4-10)9-5-6-16-11(7-9)12(17)18/h1-7,13H,(H,17,18). The van der Waals surface area contributed by atoms with Crippen molar-refractivity contribution in [2.24, 2.45) is 0 Å². The number of aromatic nitrogens is 1. The predicted octanol–water partition coefficient (Wildman–Crippen LogP) is 3.05. The number of nitrogens with zero attached hydrogens (tertiary/aromatic N) is 1. The number of hydrogen-bond acceptors (Lipinski definition) is 3. The van der Waals surface area contributed by atoms with Crippen LogP contribution in [0.5, 0.6) is 5.75 Å². The molecular weight excluding hydrogens is 256 g/mol. The number of rotatable bonds is 4. The summed E-state index contributed by atoms with van der Waals surface area (Å²) >= 11 is 0. The lowest BCUT2D eigenvalue weighted by Crippen LogP contribution is -2.01. The number of halogens is 2. The lowest BCUT2D eigenvalue weighted by atomic mass is 10.1. The van der Waals surface area contributed by atoms with Gasteiger partial charge in [0, 0.05) is 6.20 Å². The Morgan fingerprint density at radius 2 is 1.84 bits per heavy atom. The van der Waals surface area contributed by atoms with Crippen LogP contribution in [0.1, 0.15) is 10.5 Å². The van der Waals surface area contributed by atoms with E-state index in [1.54, 1.807) is 18.2 Å². The first-order valence-corrected chi connectivity index (χ1v) is 5.31. The number of hydrogen-bond donors (Lipinski definition) is 1. The summed E-state index contributed by atoms with van der Waals surface area (Å²) in [6.07, 6.45) is 1.38. The number of aromatic carboxylic acids is 1. The normalized spacial score (nSPS) is 10.5. The van der Waals surface area contributed by atoms with Crippen LogP contribution in [0.3, 0.4) is 0 Å². The van der Waals surface area contributed by atoms with Gasteiger partial charge < -0.3 is 9.84 Å². The van der Waals surface area contributed by atoms with E-state index >= 15 is 0 Å². The molecule has 2 aromatic rings. The molecule has 1 heterocycles. The lowest BCUT2D eigenvalue weighted by Gasteiger charge is -2.06. The van der Waals surface area contributed by atoms with Gasteiger partial charge in [-0.05, 0) is 35.4 Å². The summed E-state index contributed by atoms with van der Waals surface area (Å²) in [4.78, 5) is 14.5. The number of ether oxygens (including phenoxy) is 1. The first-order chi connectivity index (χ1) is 9.06. The van der Waals surface area contributed by atoms with Crippen molar-refractivity contribution in [3.8, 4) is 16.9 Å². The van der Waals surface area contributed by atoms with Gasteiger partial charge >= 0.3 is 12.6 Å². The summed E-state index contributed by atoms with van der Waals surface area (Å²) < 4.78 is 28.2. The Bertz CT molecular complexity index is 585. The Hall–Kier alpha value is -2.50. The monoisotopic (exact) mass is 265 g/mol. The quantitative estimate of drug-likeness (QED) is 0.923. The molecule has 98 valence electrons. The zero-order chi connectivity index (χ0) is 13.8. The van der Waals surface area contributed by atoms with Crippen LogP contribution in [0.4, 0.5) is 8.78 Å². The number of alkyl halides is 2. The van der Waals surface area contributed by atoms with Crippen molar-refractivity contribution in [1.82, 2.24) is 4.98 Å². The van der Waals surface area contributed by atoms with Gasteiger partial charge in [-0.25, -0.2) is 9.78 Å². The van der Waals surface area contributed by atoms with E-state index in [9.17, 15) is 13.6 Å². The molecule has 0 bridgehead atoms. The molecule has 2 rings (SSSR count).